The van der Waals surface area contributed by atoms with Gasteiger partial charge in [-0.2, -0.15) is 0 Å². The van der Waals surface area contributed by atoms with Crippen LogP contribution in [0.25, 0.3) is 0 Å². The Kier molecular flexibility index (Phi) is 4.21. The Bertz CT molecular complexity index is 496. The van der Waals surface area contributed by atoms with E-state index in [1.807, 2.05) is 48.5 Å². The number of benzene rings is 2. The molecule has 0 radical (unpaired) electrons. The Morgan fingerprint density at radius 3 is 2.29 bits per heavy atom. The van der Waals surface area contributed by atoms with E-state index in [0.717, 1.165) is 20.6 Å². The summed E-state index contributed by atoms with van der Waals surface area (Å²) in [5.41, 5.74) is 2.20. The van der Waals surface area contributed by atoms with Crippen molar-refractivity contribution >= 4 is 27.5 Å². The summed E-state index contributed by atoms with van der Waals surface area (Å²) >= 11 is 9.43. The van der Waals surface area contributed by atoms with Crippen LogP contribution in [-0.2, 0) is 4.74 Å². The summed E-state index contributed by atoms with van der Waals surface area (Å²) in [6.45, 7) is 0. The maximum absolute atomic E-state index is 5.89. The first-order valence-corrected chi connectivity index (χ1v) is 6.42. The van der Waals surface area contributed by atoms with Crippen LogP contribution in [0.15, 0.2) is 53.0 Å². The van der Waals surface area contributed by atoms with Gasteiger partial charge in [-0.05, 0) is 29.3 Å². The normalized spacial score (nSPS) is 12.4. The summed E-state index contributed by atoms with van der Waals surface area (Å²) in [6.07, 6.45) is -0.0807. The third-order valence-electron chi connectivity index (χ3n) is 2.60. The lowest BCUT2D eigenvalue weighted by atomic mass is 10.0. The molecule has 0 saturated heterocycles. The smallest absolute Gasteiger partial charge is 0.108 e. The van der Waals surface area contributed by atoms with Gasteiger partial charge in [-0.3, -0.25) is 0 Å². The van der Waals surface area contributed by atoms with E-state index < -0.39 is 0 Å². The highest BCUT2D eigenvalue weighted by atomic mass is 79.9. The molecule has 3 heteroatoms. The highest BCUT2D eigenvalue weighted by Crippen LogP contribution is 2.31. The molecular formula is C14H12BrClO. The first kappa shape index (κ1) is 12.6. The minimum absolute atomic E-state index is 0.0807. The van der Waals surface area contributed by atoms with E-state index >= 15 is 0 Å². The van der Waals surface area contributed by atoms with Gasteiger partial charge >= 0.3 is 0 Å². The van der Waals surface area contributed by atoms with E-state index in [2.05, 4.69) is 15.9 Å². The van der Waals surface area contributed by atoms with Crippen LogP contribution in [0.4, 0.5) is 0 Å². The van der Waals surface area contributed by atoms with Gasteiger partial charge in [0.25, 0.3) is 0 Å². The van der Waals surface area contributed by atoms with Crippen LogP contribution in [0.3, 0.4) is 0 Å². The standard InChI is InChI=1S/C14H12BrClO/c1-17-14(10-6-8-11(16)9-7-10)12-4-2-3-5-13(12)15/h2-9,14H,1H3/t14-/m0/s1. The van der Waals surface area contributed by atoms with Gasteiger partial charge in [-0.15, -0.1) is 0 Å². The molecule has 17 heavy (non-hydrogen) atoms. The van der Waals surface area contributed by atoms with Crippen molar-refractivity contribution in [2.24, 2.45) is 0 Å². The first-order valence-electron chi connectivity index (χ1n) is 5.25. The van der Waals surface area contributed by atoms with Crippen LogP contribution in [0.2, 0.25) is 5.02 Å². The molecule has 1 nitrogen and oxygen atoms in total. The highest BCUT2D eigenvalue weighted by Gasteiger charge is 2.15. The second kappa shape index (κ2) is 5.67. The minimum Gasteiger partial charge on any atom is -0.372 e. The molecule has 2 aromatic rings. The Labute approximate surface area is 115 Å². The van der Waals surface area contributed by atoms with Crippen molar-refractivity contribution < 1.29 is 4.74 Å². The monoisotopic (exact) mass is 310 g/mol. The van der Waals surface area contributed by atoms with E-state index in [4.69, 9.17) is 16.3 Å². The summed E-state index contributed by atoms with van der Waals surface area (Å²) in [5, 5.41) is 0.732. The Morgan fingerprint density at radius 2 is 1.71 bits per heavy atom. The zero-order valence-corrected chi connectivity index (χ0v) is 11.7. The third-order valence-corrected chi connectivity index (χ3v) is 3.57. The van der Waals surface area contributed by atoms with Gasteiger partial charge in [-0.25, -0.2) is 0 Å². The zero-order valence-electron chi connectivity index (χ0n) is 9.36. The molecule has 0 aromatic heterocycles. The molecule has 2 rings (SSSR count). The lowest BCUT2D eigenvalue weighted by molar-refractivity contribution is 0.136. The van der Waals surface area contributed by atoms with Crippen molar-refractivity contribution in [3.05, 3.63) is 69.2 Å². The van der Waals surface area contributed by atoms with Crippen LogP contribution in [0.5, 0.6) is 0 Å². The van der Waals surface area contributed by atoms with Gasteiger partial charge in [-0.1, -0.05) is 57.9 Å². The van der Waals surface area contributed by atoms with Crippen LogP contribution in [-0.4, -0.2) is 7.11 Å². The fraction of sp³-hybridized carbons (Fsp3) is 0.143. The lowest BCUT2D eigenvalue weighted by Gasteiger charge is -2.17. The minimum atomic E-state index is -0.0807. The molecule has 1 atom stereocenters. The Balaban J connectivity index is 2.40. The fourth-order valence-corrected chi connectivity index (χ4v) is 2.39. The molecule has 0 saturated carbocycles. The van der Waals surface area contributed by atoms with Crippen LogP contribution >= 0.6 is 27.5 Å². The SMILES string of the molecule is CO[C@@H](c1ccc(Cl)cc1)c1ccccc1Br. The Hall–Kier alpha value is -0.830. The summed E-state index contributed by atoms with van der Waals surface area (Å²) < 4.78 is 6.61. The summed E-state index contributed by atoms with van der Waals surface area (Å²) in [7, 11) is 1.71. The van der Waals surface area contributed by atoms with Crippen molar-refractivity contribution in [1.82, 2.24) is 0 Å². The number of hydrogen-bond acceptors (Lipinski definition) is 1. The molecule has 0 aliphatic rings. The molecule has 0 aliphatic carbocycles. The third kappa shape index (κ3) is 2.89. The first-order chi connectivity index (χ1) is 8.22. The second-order valence-electron chi connectivity index (χ2n) is 3.69. The molecular weight excluding hydrogens is 300 g/mol. The number of ether oxygens (including phenoxy) is 1. The molecule has 0 heterocycles. The maximum Gasteiger partial charge on any atom is 0.108 e. The van der Waals surface area contributed by atoms with Crippen molar-refractivity contribution in [2.75, 3.05) is 7.11 Å². The van der Waals surface area contributed by atoms with Gasteiger partial charge in [0.2, 0.25) is 0 Å². The number of rotatable bonds is 3. The molecule has 2 aromatic carbocycles. The van der Waals surface area contributed by atoms with Crippen LogP contribution < -0.4 is 0 Å². The molecule has 0 amide bonds. The van der Waals surface area contributed by atoms with E-state index in [9.17, 15) is 0 Å². The zero-order chi connectivity index (χ0) is 12.3. The van der Waals surface area contributed by atoms with E-state index in [0.29, 0.717) is 0 Å². The largest absolute Gasteiger partial charge is 0.372 e. The van der Waals surface area contributed by atoms with Crippen molar-refractivity contribution in [2.45, 2.75) is 6.10 Å². The van der Waals surface area contributed by atoms with Crippen LogP contribution in [0, 0.1) is 0 Å². The molecule has 0 fully saturated rings. The van der Waals surface area contributed by atoms with Gasteiger partial charge < -0.3 is 4.74 Å². The quantitative estimate of drug-likeness (QED) is 0.788. The van der Waals surface area contributed by atoms with E-state index in [-0.39, 0.29) is 6.10 Å². The van der Waals surface area contributed by atoms with Gasteiger partial charge in [0.05, 0.1) is 0 Å². The Morgan fingerprint density at radius 1 is 1.06 bits per heavy atom. The molecule has 0 unspecified atom stereocenters. The molecule has 0 N–H and O–H groups in total. The molecule has 0 bridgehead atoms. The molecule has 0 spiro atoms. The van der Waals surface area contributed by atoms with Crippen molar-refractivity contribution in [3.8, 4) is 0 Å². The number of halogens is 2. The van der Waals surface area contributed by atoms with Crippen molar-refractivity contribution in [1.29, 1.82) is 0 Å². The van der Waals surface area contributed by atoms with E-state index in [1.165, 1.54) is 0 Å². The summed E-state index contributed by atoms with van der Waals surface area (Å²) in [6, 6.07) is 15.8. The molecule has 0 aliphatic heterocycles. The highest BCUT2D eigenvalue weighted by molar-refractivity contribution is 9.10. The van der Waals surface area contributed by atoms with Gasteiger partial charge in [0.1, 0.15) is 6.10 Å². The number of hydrogen-bond donors (Lipinski definition) is 0. The van der Waals surface area contributed by atoms with Gasteiger partial charge in [0, 0.05) is 16.6 Å². The van der Waals surface area contributed by atoms with Gasteiger partial charge in [0.15, 0.2) is 0 Å². The van der Waals surface area contributed by atoms with Crippen molar-refractivity contribution in [3.63, 3.8) is 0 Å². The average molecular weight is 312 g/mol. The predicted molar refractivity (Wildman–Crippen MR) is 74.4 cm³/mol. The second-order valence-corrected chi connectivity index (χ2v) is 4.98. The fourth-order valence-electron chi connectivity index (χ4n) is 1.77. The van der Waals surface area contributed by atoms with E-state index in [1.54, 1.807) is 7.11 Å². The topological polar surface area (TPSA) is 9.23 Å². The van der Waals surface area contributed by atoms with Crippen LogP contribution in [0.1, 0.15) is 17.2 Å². The maximum atomic E-state index is 5.89. The summed E-state index contributed by atoms with van der Waals surface area (Å²) in [4.78, 5) is 0. The molecule has 88 valence electrons. The predicted octanol–water partition coefficient (Wildman–Crippen LogP) is 4.84. The summed E-state index contributed by atoms with van der Waals surface area (Å²) in [5.74, 6) is 0. The number of methoxy groups -OCH3 is 1. The lowest BCUT2D eigenvalue weighted by Crippen LogP contribution is -2.04. The average Bonchev–Trinajstić information content (AvgIpc) is 2.35.